The molecule has 3 heteroatoms. The topological polar surface area (TPSA) is 39.2 Å². The van der Waals surface area contributed by atoms with Crippen molar-refractivity contribution >= 4 is 5.97 Å². The number of fused-ring (bicyclic) bond motifs is 1. The first kappa shape index (κ1) is 12.1. The predicted molar refractivity (Wildman–Crippen MR) is 65.7 cm³/mol. The van der Waals surface area contributed by atoms with Gasteiger partial charge in [0.25, 0.3) is 0 Å². The van der Waals surface area contributed by atoms with E-state index in [1.165, 1.54) is 12.7 Å². The number of methoxy groups -OCH3 is 1. The van der Waals surface area contributed by atoms with Crippen molar-refractivity contribution < 1.29 is 9.53 Å². The lowest BCUT2D eigenvalue weighted by Crippen LogP contribution is -2.26. The van der Waals surface area contributed by atoms with Gasteiger partial charge < -0.3 is 4.74 Å². The molecule has 2 unspecified atom stereocenters. The second-order valence-corrected chi connectivity index (χ2v) is 4.58. The average Bonchev–Trinajstić information content (AvgIpc) is 2.39. The van der Waals surface area contributed by atoms with Gasteiger partial charge in [-0.1, -0.05) is 13.0 Å². The zero-order valence-corrected chi connectivity index (χ0v) is 10.5. The molecule has 0 N–H and O–H groups in total. The highest BCUT2D eigenvalue weighted by Gasteiger charge is 2.32. The average molecular weight is 233 g/mol. The van der Waals surface area contributed by atoms with Crippen LogP contribution < -0.4 is 0 Å². The van der Waals surface area contributed by atoms with Crippen LogP contribution in [0.5, 0.6) is 0 Å². The van der Waals surface area contributed by atoms with Crippen LogP contribution in [-0.2, 0) is 16.0 Å². The molecule has 1 aliphatic rings. The zero-order chi connectivity index (χ0) is 12.3. The van der Waals surface area contributed by atoms with E-state index in [0.29, 0.717) is 0 Å². The molecule has 2 rings (SSSR count). The number of rotatable bonds is 3. The van der Waals surface area contributed by atoms with Crippen LogP contribution >= 0.6 is 0 Å². The van der Waals surface area contributed by atoms with Crippen LogP contribution in [-0.4, -0.2) is 18.1 Å². The third kappa shape index (κ3) is 2.33. The molecular formula is C14H19NO2. The Morgan fingerprint density at radius 1 is 1.65 bits per heavy atom. The van der Waals surface area contributed by atoms with Crippen molar-refractivity contribution in [1.82, 2.24) is 4.98 Å². The Bertz CT molecular complexity index is 403. The van der Waals surface area contributed by atoms with Crippen molar-refractivity contribution in [1.29, 1.82) is 0 Å². The fraction of sp³-hybridized carbons (Fsp3) is 0.571. The second-order valence-electron chi connectivity index (χ2n) is 4.58. The zero-order valence-electron chi connectivity index (χ0n) is 10.5. The standard InChI is InChI=1S/C14H19NO2/c1-3-11(14(16)17-2)12-8-4-6-10-7-5-9-15-13(10)12/h5,7,9,11-12H,3-4,6,8H2,1-2H3. The molecule has 0 saturated heterocycles. The minimum atomic E-state index is -0.101. The molecule has 0 radical (unpaired) electrons. The van der Waals surface area contributed by atoms with E-state index >= 15 is 0 Å². The number of esters is 1. The fourth-order valence-corrected chi connectivity index (χ4v) is 2.80. The summed E-state index contributed by atoms with van der Waals surface area (Å²) in [5.74, 6) is 0.0855. The highest BCUT2D eigenvalue weighted by Crippen LogP contribution is 2.37. The van der Waals surface area contributed by atoms with Crippen molar-refractivity contribution in [3.63, 3.8) is 0 Å². The Balaban J connectivity index is 2.30. The lowest BCUT2D eigenvalue weighted by Gasteiger charge is -2.29. The number of nitrogens with zero attached hydrogens (tertiary/aromatic N) is 1. The first-order valence-electron chi connectivity index (χ1n) is 6.29. The van der Waals surface area contributed by atoms with E-state index in [4.69, 9.17) is 4.74 Å². The van der Waals surface area contributed by atoms with Gasteiger partial charge in [0.05, 0.1) is 13.0 Å². The van der Waals surface area contributed by atoms with Gasteiger partial charge in [0.2, 0.25) is 0 Å². The van der Waals surface area contributed by atoms with Gasteiger partial charge in [-0.3, -0.25) is 9.78 Å². The maximum Gasteiger partial charge on any atom is 0.309 e. The Hall–Kier alpha value is -1.38. The van der Waals surface area contributed by atoms with Gasteiger partial charge in [-0.25, -0.2) is 0 Å². The van der Waals surface area contributed by atoms with Gasteiger partial charge >= 0.3 is 5.97 Å². The van der Waals surface area contributed by atoms with E-state index in [9.17, 15) is 4.79 Å². The minimum Gasteiger partial charge on any atom is -0.469 e. The molecule has 1 aromatic heterocycles. The van der Waals surface area contributed by atoms with Crippen molar-refractivity contribution in [3.8, 4) is 0 Å². The Labute approximate surface area is 102 Å². The first-order chi connectivity index (χ1) is 8.27. The molecule has 0 saturated carbocycles. The highest BCUT2D eigenvalue weighted by molar-refractivity contribution is 5.73. The van der Waals surface area contributed by atoms with Gasteiger partial charge in [0.15, 0.2) is 0 Å². The summed E-state index contributed by atoms with van der Waals surface area (Å²) in [6.07, 6.45) is 5.89. The van der Waals surface area contributed by atoms with Crippen LogP contribution in [0.1, 0.15) is 43.4 Å². The number of ether oxygens (including phenoxy) is 1. The van der Waals surface area contributed by atoms with Crippen LogP contribution in [0.4, 0.5) is 0 Å². The second kappa shape index (κ2) is 5.30. The molecule has 2 atom stereocenters. The number of pyridine rings is 1. The van der Waals surface area contributed by atoms with E-state index in [-0.39, 0.29) is 17.8 Å². The quantitative estimate of drug-likeness (QED) is 0.753. The fourth-order valence-electron chi connectivity index (χ4n) is 2.80. The molecule has 92 valence electrons. The van der Waals surface area contributed by atoms with E-state index in [1.807, 2.05) is 19.2 Å². The van der Waals surface area contributed by atoms with Gasteiger partial charge in [0, 0.05) is 17.8 Å². The first-order valence-corrected chi connectivity index (χ1v) is 6.29. The summed E-state index contributed by atoms with van der Waals surface area (Å²) in [5, 5.41) is 0. The SMILES string of the molecule is CCC(C(=O)OC)C1CCCc2cccnc21. The number of carbonyl (C=O) groups is 1. The lowest BCUT2D eigenvalue weighted by molar-refractivity contribution is -0.146. The normalized spacial score (nSPS) is 20.5. The predicted octanol–water partition coefficient (Wildman–Crippen LogP) is 2.70. The monoisotopic (exact) mass is 233 g/mol. The molecule has 1 aliphatic carbocycles. The summed E-state index contributed by atoms with van der Waals surface area (Å²) in [7, 11) is 1.47. The lowest BCUT2D eigenvalue weighted by atomic mass is 9.77. The van der Waals surface area contributed by atoms with E-state index < -0.39 is 0 Å². The molecule has 17 heavy (non-hydrogen) atoms. The van der Waals surface area contributed by atoms with Gasteiger partial charge in [-0.2, -0.15) is 0 Å². The number of hydrogen-bond donors (Lipinski definition) is 0. The summed E-state index contributed by atoms with van der Waals surface area (Å²) in [4.78, 5) is 16.3. The van der Waals surface area contributed by atoms with Crippen LogP contribution in [0.15, 0.2) is 18.3 Å². The third-order valence-corrected chi connectivity index (χ3v) is 3.67. The summed E-state index contributed by atoms with van der Waals surface area (Å²) in [5.41, 5.74) is 2.40. The van der Waals surface area contributed by atoms with E-state index in [0.717, 1.165) is 31.4 Å². The van der Waals surface area contributed by atoms with Crippen LogP contribution in [0.2, 0.25) is 0 Å². The Morgan fingerprint density at radius 3 is 3.18 bits per heavy atom. The maximum absolute atomic E-state index is 11.8. The van der Waals surface area contributed by atoms with Crippen molar-refractivity contribution in [2.45, 2.75) is 38.5 Å². The van der Waals surface area contributed by atoms with Crippen LogP contribution in [0, 0.1) is 5.92 Å². The van der Waals surface area contributed by atoms with Crippen LogP contribution in [0.3, 0.4) is 0 Å². The Morgan fingerprint density at radius 2 is 2.47 bits per heavy atom. The molecule has 0 fully saturated rings. The molecule has 3 nitrogen and oxygen atoms in total. The minimum absolute atomic E-state index is 0.0473. The summed E-state index contributed by atoms with van der Waals surface area (Å²) >= 11 is 0. The largest absolute Gasteiger partial charge is 0.469 e. The van der Waals surface area contributed by atoms with Gasteiger partial charge in [-0.15, -0.1) is 0 Å². The van der Waals surface area contributed by atoms with Crippen molar-refractivity contribution in [3.05, 3.63) is 29.6 Å². The molecule has 1 heterocycles. The van der Waals surface area contributed by atoms with E-state index in [1.54, 1.807) is 0 Å². The molecule has 1 aromatic rings. The van der Waals surface area contributed by atoms with Gasteiger partial charge in [0.1, 0.15) is 0 Å². The van der Waals surface area contributed by atoms with Crippen molar-refractivity contribution in [2.75, 3.05) is 7.11 Å². The third-order valence-electron chi connectivity index (χ3n) is 3.67. The van der Waals surface area contributed by atoms with E-state index in [2.05, 4.69) is 11.1 Å². The molecular weight excluding hydrogens is 214 g/mol. The molecule has 0 aliphatic heterocycles. The highest BCUT2D eigenvalue weighted by atomic mass is 16.5. The summed E-state index contributed by atoms with van der Waals surface area (Å²) in [6, 6.07) is 4.10. The smallest absolute Gasteiger partial charge is 0.309 e. The molecule has 0 amide bonds. The molecule has 0 aromatic carbocycles. The summed E-state index contributed by atoms with van der Waals surface area (Å²) in [6.45, 7) is 2.04. The number of aryl methyl sites for hydroxylation is 1. The van der Waals surface area contributed by atoms with Crippen molar-refractivity contribution in [2.24, 2.45) is 5.92 Å². The number of carbonyl (C=O) groups excluding carboxylic acids is 1. The molecule has 0 bridgehead atoms. The number of aromatic nitrogens is 1. The number of hydrogen-bond acceptors (Lipinski definition) is 3. The maximum atomic E-state index is 11.8. The van der Waals surface area contributed by atoms with Crippen LogP contribution in [0.25, 0.3) is 0 Å². The molecule has 0 spiro atoms. The Kier molecular flexibility index (Phi) is 3.77. The van der Waals surface area contributed by atoms with Gasteiger partial charge in [-0.05, 0) is 37.3 Å². The summed E-state index contributed by atoms with van der Waals surface area (Å²) < 4.78 is 4.90.